The van der Waals surface area contributed by atoms with E-state index in [1.54, 1.807) is 0 Å². The normalized spacial score (nSPS) is 13.5. The van der Waals surface area contributed by atoms with E-state index >= 15 is 0 Å². The molecule has 0 aromatic carbocycles. The average molecular weight is 200 g/mol. The Labute approximate surface area is 90.1 Å². The van der Waals surface area contributed by atoms with Crippen molar-refractivity contribution in [2.45, 2.75) is 52.0 Å². The van der Waals surface area contributed by atoms with Crippen LogP contribution in [0.25, 0.3) is 0 Å². The number of unbranched alkanes of at least 4 members (excludes halogenated alkanes) is 2. The van der Waals surface area contributed by atoms with Crippen LogP contribution in [0.1, 0.15) is 46.0 Å². The molecule has 1 unspecified atom stereocenters. The third-order valence-electron chi connectivity index (χ3n) is 2.80. The first-order valence-electron chi connectivity index (χ1n) is 6.11. The first kappa shape index (κ1) is 13.9. The lowest BCUT2D eigenvalue weighted by molar-refractivity contribution is 0.221. The smallest absolute Gasteiger partial charge is 0.0217 e. The quantitative estimate of drug-likeness (QED) is 0.575. The molecule has 0 saturated carbocycles. The minimum Gasteiger partial charge on any atom is -0.318 e. The second kappa shape index (κ2) is 9.47. The number of nitrogens with zero attached hydrogens (tertiary/aromatic N) is 1. The molecular formula is C12H28N2. The molecule has 14 heavy (non-hydrogen) atoms. The van der Waals surface area contributed by atoms with Gasteiger partial charge in [-0.05, 0) is 33.5 Å². The van der Waals surface area contributed by atoms with Crippen molar-refractivity contribution >= 4 is 0 Å². The van der Waals surface area contributed by atoms with Crippen molar-refractivity contribution in [3.63, 3.8) is 0 Å². The topological polar surface area (TPSA) is 15.3 Å². The van der Waals surface area contributed by atoms with Gasteiger partial charge in [0.05, 0.1) is 0 Å². The van der Waals surface area contributed by atoms with Gasteiger partial charge in [-0.25, -0.2) is 0 Å². The highest BCUT2D eigenvalue weighted by atomic mass is 15.1. The molecule has 0 rings (SSSR count). The fourth-order valence-corrected chi connectivity index (χ4v) is 1.84. The van der Waals surface area contributed by atoms with Crippen LogP contribution in [0.15, 0.2) is 0 Å². The van der Waals surface area contributed by atoms with Crippen molar-refractivity contribution in [3.8, 4) is 0 Å². The van der Waals surface area contributed by atoms with E-state index in [4.69, 9.17) is 0 Å². The SMILES string of the molecule is CCCCCN(C)C(CCC)CNC. The highest BCUT2D eigenvalue weighted by Gasteiger charge is 2.11. The summed E-state index contributed by atoms with van der Waals surface area (Å²) in [6.07, 6.45) is 6.62. The third kappa shape index (κ3) is 6.39. The second-order valence-corrected chi connectivity index (χ2v) is 4.19. The van der Waals surface area contributed by atoms with Gasteiger partial charge in [-0.3, -0.25) is 0 Å². The van der Waals surface area contributed by atoms with Crippen LogP contribution in [0, 0.1) is 0 Å². The summed E-state index contributed by atoms with van der Waals surface area (Å²) >= 11 is 0. The first-order chi connectivity index (χ1) is 6.76. The summed E-state index contributed by atoms with van der Waals surface area (Å²) in [6, 6.07) is 0.724. The molecule has 0 aliphatic heterocycles. The Balaban J connectivity index is 3.69. The molecule has 0 aliphatic rings. The molecule has 1 atom stereocenters. The predicted octanol–water partition coefficient (Wildman–Crippen LogP) is 2.50. The maximum absolute atomic E-state index is 3.28. The molecule has 1 N–H and O–H groups in total. The van der Waals surface area contributed by atoms with Crippen molar-refractivity contribution in [3.05, 3.63) is 0 Å². The average Bonchev–Trinajstić information content (AvgIpc) is 2.18. The van der Waals surface area contributed by atoms with Crippen molar-refractivity contribution in [1.82, 2.24) is 10.2 Å². The Morgan fingerprint density at radius 1 is 1.14 bits per heavy atom. The number of rotatable bonds is 9. The van der Waals surface area contributed by atoms with Gasteiger partial charge in [0.25, 0.3) is 0 Å². The summed E-state index contributed by atoms with van der Waals surface area (Å²) in [6.45, 7) is 6.90. The van der Waals surface area contributed by atoms with Gasteiger partial charge in [-0.15, -0.1) is 0 Å². The first-order valence-corrected chi connectivity index (χ1v) is 6.11. The van der Waals surface area contributed by atoms with Crippen LogP contribution in [-0.4, -0.2) is 38.1 Å². The van der Waals surface area contributed by atoms with Crippen LogP contribution in [0.2, 0.25) is 0 Å². The third-order valence-corrected chi connectivity index (χ3v) is 2.80. The number of hydrogen-bond acceptors (Lipinski definition) is 2. The van der Waals surface area contributed by atoms with Crippen molar-refractivity contribution in [2.75, 3.05) is 27.2 Å². The monoisotopic (exact) mass is 200 g/mol. The largest absolute Gasteiger partial charge is 0.318 e. The highest BCUT2D eigenvalue weighted by molar-refractivity contribution is 4.70. The van der Waals surface area contributed by atoms with Gasteiger partial charge in [0, 0.05) is 12.6 Å². The summed E-state index contributed by atoms with van der Waals surface area (Å²) in [5.41, 5.74) is 0. The fraction of sp³-hybridized carbons (Fsp3) is 1.00. The zero-order valence-corrected chi connectivity index (χ0v) is 10.5. The zero-order chi connectivity index (χ0) is 10.8. The summed E-state index contributed by atoms with van der Waals surface area (Å²) in [4.78, 5) is 2.51. The van der Waals surface area contributed by atoms with E-state index in [-0.39, 0.29) is 0 Å². The molecule has 0 amide bonds. The van der Waals surface area contributed by atoms with Crippen LogP contribution in [-0.2, 0) is 0 Å². The maximum Gasteiger partial charge on any atom is 0.0217 e. The van der Waals surface area contributed by atoms with E-state index in [9.17, 15) is 0 Å². The molecule has 86 valence electrons. The van der Waals surface area contributed by atoms with Gasteiger partial charge in [-0.2, -0.15) is 0 Å². The predicted molar refractivity (Wildman–Crippen MR) is 64.8 cm³/mol. The van der Waals surface area contributed by atoms with E-state index < -0.39 is 0 Å². The van der Waals surface area contributed by atoms with E-state index in [0.717, 1.165) is 12.6 Å². The van der Waals surface area contributed by atoms with E-state index in [1.807, 2.05) is 7.05 Å². The fourth-order valence-electron chi connectivity index (χ4n) is 1.84. The van der Waals surface area contributed by atoms with Gasteiger partial charge >= 0.3 is 0 Å². The van der Waals surface area contributed by atoms with Gasteiger partial charge < -0.3 is 10.2 Å². The Hall–Kier alpha value is -0.0800. The van der Waals surface area contributed by atoms with Gasteiger partial charge in [0.15, 0.2) is 0 Å². The summed E-state index contributed by atoms with van der Waals surface area (Å²) < 4.78 is 0. The molecule has 0 heterocycles. The minimum absolute atomic E-state index is 0.724. The summed E-state index contributed by atoms with van der Waals surface area (Å²) in [5, 5.41) is 3.28. The lowest BCUT2D eigenvalue weighted by atomic mass is 10.1. The van der Waals surface area contributed by atoms with Crippen LogP contribution in [0.5, 0.6) is 0 Å². The van der Waals surface area contributed by atoms with Crippen LogP contribution >= 0.6 is 0 Å². The standard InChI is InChI=1S/C12H28N2/c1-5-7-8-10-14(4)12(9-6-2)11-13-3/h12-13H,5-11H2,1-4H3. The Kier molecular flexibility index (Phi) is 9.42. The van der Waals surface area contributed by atoms with Gasteiger partial charge in [0.2, 0.25) is 0 Å². The van der Waals surface area contributed by atoms with Crippen LogP contribution in [0.4, 0.5) is 0 Å². The Bertz CT molecular complexity index is 109. The summed E-state index contributed by atoms with van der Waals surface area (Å²) in [7, 11) is 4.30. The van der Waals surface area contributed by atoms with Gasteiger partial charge in [0.1, 0.15) is 0 Å². The lowest BCUT2D eigenvalue weighted by Gasteiger charge is -2.27. The zero-order valence-electron chi connectivity index (χ0n) is 10.5. The molecule has 0 aromatic heterocycles. The van der Waals surface area contributed by atoms with Gasteiger partial charge in [-0.1, -0.05) is 33.1 Å². The molecule has 0 fully saturated rings. The van der Waals surface area contributed by atoms with Crippen LogP contribution < -0.4 is 5.32 Å². The molecule has 0 aliphatic carbocycles. The molecule has 0 spiro atoms. The molecule has 2 heteroatoms. The molecular weight excluding hydrogens is 172 g/mol. The van der Waals surface area contributed by atoms with E-state index in [1.165, 1.54) is 38.6 Å². The Morgan fingerprint density at radius 2 is 1.86 bits per heavy atom. The van der Waals surface area contributed by atoms with Crippen LogP contribution in [0.3, 0.4) is 0 Å². The summed E-state index contributed by atoms with van der Waals surface area (Å²) in [5.74, 6) is 0. The molecule has 0 aromatic rings. The van der Waals surface area contributed by atoms with Crippen molar-refractivity contribution in [2.24, 2.45) is 0 Å². The van der Waals surface area contributed by atoms with Crippen molar-refractivity contribution < 1.29 is 0 Å². The molecule has 0 radical (unpaired) electrons. The Morgan fingerprint density at radius 3 is 2.36 bits per heavy atom. The molecule has 2 nitrogen and oxygen atoms in total. The lowest BCUT2D eigenvalue weighted by Crippen LogP contribution is -2.39. The number of nitrogens with one attached hydrogen (secondary N) is 1. The van der Waals surface area contributed by atoms with E-state index in [2.05, 4.69) is 31.1 Å². The maximum atomic E-state index is 3.28. The van der Waals surface area contributed by atoms with E-state index in [0.29, 0.717) is 0 Å². The van der Waals surface area contributed by atoms with Crippen molar-refractivity contribution in [1.29, 1.82) is 0 Å². The number of hydrogen-bond donors (Lipinski definition) is 1. The highest BCUT2D eigenvalue weighted by Crippen LogP contribution is 2.06. The second-order valence-electron chi connectivity index (χ2n) is 4.19. The molecule has 0 saturated heterocycles. The minimum atomic E-state index is 0.724. The molecule has 0 bridgehead atoms. The number of likely N-dealkylation sites (N-methyl/N-ethyl adjacent to an activating group) is 2.